The molecule has 20 heavy (non-hydrogen) atoms. The van der Waals surface area contributed by atoms with Gasteiger partial charge in [-0.15, -0.1) is 11.8 Å². The summed E-state index contributed by atoms with van der Waals surface area (Å²) in [4.78, 5) is 0.537. The Morgan fingerprint density at radius 3 is 2.40 bits per heavy atom. The lowest BCUT2D eigenvalue weighted by atomic mass is 10.3. The quantitative estimate of drug-likeness (QED) is 0.672. The van der Waals surface area contributed by atoms with Crippen molar-refractivity contribution in [2.75, 3.05) is 16.7 Å². The highest BCUT2D eigenvalue weighted by atomic mass is 32.2. The molecule has 0 amide bonds. The summed E-state index contributed by atoms with van der Waals surface area (Å²) < 4.78 is 40.2. The minimum absolute atomic E-state index is 0.185. The number of hydrogen-bond acceptors (Lipinski definition) is 4. The number of hydrogen-bond donors (Lipinski definition) is 2. The SMILES string of the molecule is CSc1ccc(NS(=O)(=O)c2cc(N)ccc2F)cc1. The first-order valence-corrected chi connectivity index (χ1v) is 8.35. The fourth-order valence-corrected chi connectivity index (χ4v) is 3.18. The number of halogens is 1. The lowest BCUT2D eigenvalue weighted by Gasteiger charge is -2.09. The standard InChI is InChI=1S/C13H13FN2O2S2/c1-19-11-5-3-10(4-6-11)16-20(17,18)13-8-9(15)2-7-12(13)14/h2-8,16H,15H2,1H3. The Bertz CT molecular complexity index is 716. The molecule has 2 aromatic rings. The van der Waals surface area contributed by atoms with E-state index in [1.54, 1.807) is 36.0 Å². The lowest BCUT2D eigenvalue weighted by molar-refractivity contribution is 0.570. The molecule has 106 valence electrons. The second-order valence-corrected chi connectivity index (χ2v) is 6.55. The first-order chi connectivity index (χ1) is 9.42. The summed E-state index contributed by atoms with van der Waals surface area (Å²) in [6.45, 7) is 0. The molecule has 0 saturated heterocycles. The number of thioether (sulfide) groups is 1. The molecule has 2 aromatic carbocycles. The normalized spacial score (nSPS) is 11.3. The number of rotatable bonds is 4. The van der Waals surface area contributed by atoms with Crippen molar-refractivity contribution in [3.05, 3.63) is 48.3 Å². The molecular weight excluding hydrogens is 299 g/mol. The highest BCUT2D eigenvalue weighted by Gasteiger charge is 2.19. The topological polar surface area (TPSA) is 72.2 Å². The van der Waals surface area contributed by atoms with Crippen LogP contribution in [-0.2, 0) is 10.0 Å². The van der Waals surface area contributed by atoms with Gasteiger partial charge >= 0.3 is 0 Å². The van der Waals surface area contributed by atoms with Crippen LogP contribution in [0.5, 0.6) is 0 Å². The first-order valence-electron chi connectivity index (χ1n) is 5.64. The van der Waals surface area contributed by atoms with Crippen molar-refractivity contribution >= 4 is 33.2 Å². The second-order valence-electron chi connectivity index (χ2n) is 4.02. The minimum atomic E-state index is -4.00. The molecule has 0 atom stereocenters. The molecule has 0 aliphatic rings. The van der Waals surface area contributed by atoms with Crippen LogP contribution in [0.15, 0.2) is 52.3 Å². The Hall–Kier alpha value is -1.73. The molecule has 0 aromatic heterocycles. The van der Waals surface area contributed by atoms with Crippen molar-refractivity contribution in [3.63, 3.8) is 0 Å². The average Bonchev–Trinajstić information content (AvgIpc) is 2.42. The predicted molar refractivity (Wildman–Crippen MR) is 79.8 cm³/mol. The van der Waals surface area contributed by atoms with E-state index in [-0.39, 0.29) is 5.69 Å². The molecule has 0 radical (unpaired) electrons. The van der Waals surface area contributed by atoms with E-state index in [1.165, 1.54) is 6.07 Å². The summed E-state index contributed by atoms with van der Waals surface area (Å²) in [5.41, 5.74) is 6.04. The van der Waals surface area contributed by atoms with Gasteiger partial charge in [-0.3, -0.25) is 4.72 Å². The summed E-state index contributed by atoms with van der Waals surface area (Å²) in [5, 5.41) is 0. The van der Waals surface area contributed by atoms with Crippen LogP contribution in [0.2, 0.25) is 0 Å². The number of nitrogen functional groups attached to an aromatic ring is 1. The van der Waals surface area contributed by atoms with Crippen molar-refractivity contribution < 1.29 is 12.8 Å². The number of nitrogens with one attached hydrogen (secondary N) is 1. The number of sulfonamides is 1. The number of nitrogens with two attached hydrogens (primary N) is 1. The summed E-state index contributed by atoms with van der Waals surface area (Å²) >= 11 is 1.54. The van der Waals surface area contributed by atoms with Gasteiger partial charge in [-0.25, -0.2) is 12.8 Å². The van der Waals surface area contributed by atoms with E-state index < -0.39 is 20.7 Å². The van der Waals surface area contributed by atoms with E-state index in [0.29, 0.717) is 5.69 Å². The highest BCUT2D eigenvalue weighted by molar-refractivity contribution is 7.98. The van der Waals surface area contributed by atoms with Gasteiger partial charge in [0.05, 0.1) is 0 Å². The van der Waals surface area contributed by atoms with Crippen LogP contribution in [0.25, 0.3) is 0 Å². The van der Waals surface area contributed by atoms with Crippen molar-refractivity contribution in [3.8, 4) is 0 Å². The van der Waals surface area contributed by atoms with E-state index in [1.807, 2.05) is 6.26 Å². The molecule has 3 N–H and O–H groups in total. The largest absolute Gasteiger partial charge is 0.399 e. The van der Waals surface area contributed by atoms with Gasteiger partial charge in [-0.1, -0.05) is 0 Å². The zero-order valence-corrected chi connectivity index (χ0v) is 12.3. The van der Waals surface area contributed by atoms with Crippen molar-refractivity contribution in [1.82, 2.24) is 0 Å². The summed E-state index contributed by atoms with van der Waals surface area (Å²) in [7, 11) is -4.00. The fraction of sp³-hybridized carbons (Fsp3) is 0.0769. The molecule has 0 aliphatic heterocycles. The van der Waals surface area contributed by atoms with E-state index in [9.17, 15) is 12.8 Å². The molecule has 0 unspecified atom stereocenters. The maximum absolute atomic E-state index is 13.6. The van der Waals surface area contributed by atoms with Crippen LogP contribution < -0.4 is 10.5 Å². The second kappa shape index (κ2) is 5.72. The molecule has 0 spiro atoms. The summed E-state index contributed by atoms with van der Waals surface area (Å²) in [6, 6.07) is 10.2. The van der Waals surface area contributed by atoms with Crippen LogP contribution in [-0.4, -0.2) is 14.7 Å². The number of anilines is 2. The van der Waals surface area contributed by atoms with Crippen LogP contribution in [0.1, 0.15) is 0 Å². The van der Waals surface area contributed by atoms with Crippen LogP contribution in [0, 0.1) is 5.82 Å². The Morgan fingerprint density at radius 2 is 1.80 bits per heavy atom. The zero-order chi connectivity index (χ0) is 14.8. The Morgan fingerprint density at radius 1 is 1.15 bits per heavy atom. The molecular formula is C13H13FN2O2S2. The number of benzene rings is 2. The van der Waals surface area contributed by atoms with E-state index >= 15 is 0 Å². The monoisotopic (exact) mass is 312 g/mol. The Balaban J connectivity index is 2.32. The van der Waals surface area contributed by atoms with Gasteiger partial charge in [0.2, 0.25) is 0 Å². The van der Waals surface area contributed by atoms with Crippen LogP contribution >= 0.6 is 11.8 Å². The average molecular weight is 312 g/mol. The van der Waals surface area contributed by atoms with Gasteiger partial charge < -0.3 is 5.73 Å². The van der Waals surface area contributed by atoms with Crippen molar-refractivity contribution in [2.45, 2.75) is 9.79 Å². The van der Waals surface area contributed by atoms with Crippen molar-refractivity contribution in [2.24, 2.45) is 0 Å². The van der Waals surface area contributed by atoms with Crippen LogP contribution in [0.4, 0.5) is 15.8 Å². The van der Waals surface area contributed by atoms with Crippen molar-refractivity contribution in [1.29, 1.82) is 0 Å². The molecule has 0 heterocycles. The first kappa shape index (κ1) is 14.7. The molecule has 4 nitrogen and oxygen atoms in total. The third kappa shape index (κ3) is 3.23. The minimum Gasteiger partial charge on any atom is -0.399 e. The third-order valence-corrected chi connectivity index (χ3v) is 4.73. The van der Waals surface area contributed by atoms with E-state index in [4.69, 9.17) is 5.73 Å². The predicted octanol–water partition coefficient (Wildman–Crippen LogP) is 2.93. The van der Waals surface area contributed by atoms with Crippen LogP contribution in [0.3, 0.4) is 0 Å². The lowest BCUT2D eigenvalue weighted by Crippen LogP contribution is -2.14. The van der Waals surface area contributed by atoms with Gasteiger partial charge in [0.25, 0.3) is 10.0 Å². The molecule has 0 saturated carbocycles. The summed E-state index contributed by atoms with van der Waals surface area (Å²) in [5.74, 6) is -0.840. The molecule has 0 fully saturated rings. The molecule has 0 bridgehead atoms. The van der Waals surface area contributed by atoms with Gasteiger partial charge in [0.15, 0.2) is 0 Å². The maximum Gasteiger partial charge on any atom is 0.264 e. The Labute approximate surface area is 121 Å². The molecule has 0 aliphatic carbocycles. The molecule has 2 rings (SSSR count). The fourth-order valence-electron chi connectivity index (χ4n) is 1.60. The molecule has 7 heteroatoms. The van der Waals surface area contributed by atoms with Gasteiger partial charge in [-0.05, 0) is 48.7 Å². The van der Waals surface area contributed by atoms with Gasteiger partial charge in [-0.2, -0.15) is 0 Å². The maximum atomic E-state index is 13.6. The Kier molecular flexibility index (Phi) is 4.20. The summed E-state index contributed by atoms with van der Waals surface area (Å²) in [6.07, 6.45) is 1.92. The smallest absolute Gasteiger partial charge is 0.264 e. The zero-order valence-electron chi connectivity index (χ0n) is 10.6. The van der Waals surface area contributed by atoms with Gasteiger partial charge in [0.1, 0.15) is 10.7 Å². The van der Waals surface area contributed by atoms with E-state index in [0.717, 1.165) is 17.0 Å². The third-order valence-electron chi connectivity index (χ3n) is 2.59. The van der Waals surface area contributed by atoms with E-state index in [2.05, 4.69) is 4.72 Å². The van der Waals surface area contributed by atoms with Gasteiger partial charge in [0, 0.05) is 16.3 Å². The highest BCUT2D eigenvalue weighted by Crippen LogP contribution is 2.23.